The van der Waals surface area contributed by atoms with Crippen molar-refractivity contribution >= 4 is 27.1 Å². The standard InChI is InChI=1S/C14H19N3O5S/c1-8-10-6-9(7-15-12(10)22-16-8)23(19,20)17-11(13(18)21-5)14(2,3)4/h6-7,11,17H,1-5H3. The van der Waals surface area contributed by atoms with Crippen LogP contribution < -0.4 is 4.72 Å². The lowest BCUT2D eigenvalue weighted by Crippen LogP contribution is -2.49. The van der Waals surface area contributed by atoms with E-state index in [1.807, 2.05) is 0 Å². The number of hydrogen-bond acceptors (Lipinski definition) is 7. The maximum Gasteiger partial charge on any atom is 0.324 e. The van der Waals surface area contributed by atoms with E-state index in [0.717, 1.165) is 6.20 Å². The van der Waals surface area contributed by atoms with Gasteiger partial charge in [-0.25, -0.2) is 13.4 Å². The van der Waals surface area contributed by atoms with Crippen molar-refractivity contribution in [2.24, 2.45) is 5.41 Å². The molecule has 8 nitrogen and oxygen atoms in total. The zero-order valence-electron chi connectivity index (χ0n) is 13.6. The van der Waals surface area contributed by atoms with Gasteiger partial charge >= 0.3 is 5.97 Å². The highest BCUT2D eigenvalue weighted by Gasteiger charge is 2.36. The molecule has 9 heteroatoms. The Hall–Kier alpha value is -2.00. The molecular weight excluding hydrogens is 322 g/mol. The Balaban J connectivity index is 2.42. The first-order valence-corrected chi connectivity index (χ1v) is 8.37. The van der Waals surface area contributed by atoms with Gasteiger partial charge < -0.3 is 9.26 Å². The van der Waals surface area contributed by atoms with Crippen LogP contribution in [0.2, 0.25) is 0 Å². The monoisotopic (exact) mass is 341 g/mol. The highest BCUT2D eigenvalue weighted by molar-refractivity contribution is 7.89. The van der Waals surface area contributed by atoms with Crippen molar-refractivity contribution < 1.29 is 22.5 Å². The van der Waals surface area contributed by atoms with E-state index in [1.54, 1.807) is 27.7 Å². The number of hydrogen-bond donors (Lipinski definition) is 1. The Morgan fingerprint density at radius 3 is 2.61 bits per heavy atom. The minimum Gasteiger partial charge on any atom is -0.468 e. The van der Waals surface area contributed by atoms with Crippen LogP contribution in [0.15, 0.2) is 21.7 Å². The molecule has 2 heterocycles. The highest BCUT2D eigenvalue weighted by Crippen LogP contribution is 2.24. The first kappa shape index (κ1) is 17.4. The van der Waals surface area contributed by atoms with Gasteiger partial charge in [-0.05, 0) is 18.4 Å². The zero-order valence-corrected chi connectivity index (χ0v) is 14.4. The Bertz CT molecular complexity index is 836. The summed E-state index contributed by atoms with van der Waals surface area (Å²) in [5.41, 5.74) is 0.122. The van der Waals surface area contributed by atoms with Crippen molar-refractivity contribution in [1.29, 1.82) is 0 Å². The Kier molecular flexibility index (Phi) is 4.45. The molecule has 0 amide bonds. The van der Waals surface area contributed by atoms with Crippen molar-refractivity contribution in [3.05, 3.63) is 18.0 Å². The highest BCUT2D eigenvalue weighted by atomic mass is 32.2. The number of pyridine rings is 1. The summed E-state index contributed by atoms with van der Waals surface area (Å²) in [7, 11) is -2.75. The Labute approximate surface area is 134 Å². The average Bonchev–Trinajstić information content (AvgIpc) is 2.84. The molecule has 0 fully saturated rings. The number of ether oxygens (including phenoxy) is 1. The zero-order chi connectivity index (χ0) is 17.4. The summed E-state index contributed by atoms with van der Waals surface area (Å²) in [6.45, 7) is 6.90. The fourth-order valence-corrected chi connectivity index (χ4v) is 3.35. The number of esters is 1. The molecule has 126 valence electrons. The van der Waals surface area contributed by atoms with Crippen LogP contribution in [0.4, 0.5) is 0 Å². The molecule has 1 N–H and O–H groups in total. The van der Waals surface area contributed by atoms with Crippen LogP contribution in [0.3, 0.4) is 0 Å². The molecule has 0 aliphatic carbocycles. The molecule has 1 atom stereocenters. The number of aromatic nitrogens is 2. The van der Waals surface area contributed by atoms with E-state index in [4.69, 9.17) is 9.26 Å². The van der Waals surface area contributed by atoms with Crippen LogP contribution in [0.25, 0.3) is 11.1 Å². The minimum absolute atomic E-state index is 0.0746. The molecule has 0 saturated heterocycles. The lowest BCUT2D eigenvalue weighted by molar-refractivity contribution is -0.145. The summed E-state index contributed by atoms with van der Waals surface area (Å²) in [5.74, 6) is -0.656. The smallest absolute Gasteiger partial charge is 0.324 e. The molecule has 0 spiro atoms. The van der Waals surface area contributed by atoms with E-state index in [-0.39, 0.29) is 10.6 Å². The summed E-state index contributed by atoms with van der Waals surface area (Å²) >= 11 is 0. The molecule has 2 aromatic heterocycles. The van der Waals surface area contributed by atoms with Crippen molar-refractivity contribution in [3.63, 3.8) is 0 Å². The summed E-state index contributed by atoms with van der Waals surface area (Å²) < 4.78 is 37.2. The summed E-state index contributed by atoms with van der Waals surface area (Å²) in [6.07, 6.45) is 1.16. The van der Waals surface area contributed by atoms with E-state index >= 15 is 0 Å². The van der Waals surface area contributed by atoms with Crippen LogP contribution in [0.1, 0.15) is 26.5 Å². The van der Waals surface area contributed by atoms with Crippen LogP contribution in [-0.2, 0) is 19.6 Å². The van der Waals surface area contributed by atoms with Crippen molar-refractivity contribution in [2.75, 3.05) is 7.11 Å². The molecule has 0 aliphatic rings. The molecule has 23 heavy (non-hydrogen) atoms. The largest absolute Gasteiger partial charge is 0.468 e. The number of carbonyl (C=O) groups excluding carboxylic acids is 1. The number of carbonyl (C=O) groups is 1. The van der Waals surface area contributed by atoms with Crippen molar-refractivity contribution in [3.8, 4) is 0 Å². The average molecular weight is 341 g/mol. The fourth-order valence-electron chi connectivity index (χ4n) is 1.99. The van der Waals surface area contributed by atoms with Gasteiger partial charge in [-0.15, -0.1) is 0 Å². The van der Waals surface area contributed by atoms with E-state index in [0.29, 0.717) is 11.1 Å². The number of sulfonamides is 1. The van der Waals surface area contributed by atoms with E-state index < -0.39 is 27.4 Å². The maximum absolute atomic E-state index is 12.6. The summed E-state index contributed by atoms with van der Waals surface area (Å²) in [6, 6.07) is 0.379. The number of nitrogens with one attached hydrogen (secondary N) is 1. The van der Waals surface area contributed by atoms with Crippen LogP contribution in [0, 0.1) is 12.3 Å². The number of nitrogens with zero attached hydrogens (tertiary/aromatic N) is 2. The lowest BCUT2D eigenvalue weighted by Gasteiger charge is -2.28. The van der Waals surface area contributed by atoms with Gasteiger partial charge in [0.1, 0.15) is 10.9 Å². The molecule has 0 aromatic carbocycles. The topological polar surface area (TPSA) is 111 Å². The molecule has 0 radical (unpaired) electrons. The third-order valence-electron chi connectivity index (χ3n) is 3.37. The molecule has 0 aliphatic heterocycles. The number of methoxy groups -OCH3 is 1. The Morgan fingerprint density at radius 2 is 2.04 bits per heavy atom. The molecule has 2 rings (SSSR count). The lowest BCUT2D eigenvalue weighted by atomic mass is 9.87. The van der Waals surface area contributed by atoms with Gasteiger partial charge in [0, 0.05) is 0 Å². The van der Waals surface area contributed by atoms with Gasteiger partial charge in [-0.2, -0.15) is 4.72 Å². The minimum atomic E-state index is -3.97. The number of fused-ring (bicyclic) bond motifs is 1. The van der Waals surface area contributed by atoms with Crippen LogP contribution in [0.5, 0.6) is 0 Å². The summed E-state index contributed by atoms with van der Waals surface area (Å²) in [5, 5.41) is 4.23. The van der Waals surface area contributed by atoms with E-state index in [9.17, 15) is 13.2 Å². The second-order valence-electron chi connectivity index (χ2n) is 6.24. The second-order valence-corrected chi connectivity index (χ2v) is 7.95. The van der Waals surface area contributed by atoms with Gasteiger partial charge in [-0.1, -0.05) is 25.9 Å². The first-order chi connectivity index (χ1) is 10.6. The molecule has 1 unspecified atom stereocenters. The SMILES string of the molecule is COC(=O)C(NS(=O)(=O)c1cnc2onc(C)c2c1)C(C)(C)C. The first-order valence-electron chi connectivity index (χ1n) is 6.88. The number of rotatable bonds is 4. The fraction of sp³-hybridized carbons (Fsp3) is 0.500. The van der Waals surface area contributed by atoms with E-state index in [1.165, 1.54) is 13.2 Å². The molecule has 2 aromatic rings. The number of aryl methyl sites for hydroxylation is 1. The molecular formula is C14H19N3O5S. The van der Waals surface area contributed by atoms with Crippen molar-refractivity contribution in [2.45, 2.75) is 38.6 Å². The van der Waals surface area contributed by atoms with E-state index in [2.05, 4.69) is 14.9 Å². The van der Waals surface area contributed by atoms with Gasteiger partial charge in [0.15, 0.2) is 0 Å². The third kappa shape index (κ3) is 3.50. The van der Waals surface area contributed by atoms with Gasteiger partial charge in [0.05, 0.1) is 24.4 Å². The van der Waals surface area contributed by atoms with Crippen molar-refractivity contribution in [1.82, 2.24) is 14.9 Å². The van der Waals surface area contributed by atoms with Crippen LogP contribution in [-0.4, -0.2) is 37.7 Å². The normalized spacial score (nSPS) is 14.0. The predicted molar refractivity (Wildman–Crippen MR) is 82.1 cm³/mol. The quantitative estimate of drug-likeness (QED) is 0.836. The molecule has 0 saturated carbocycles. The summed E-state index contributed by atoms with van der Waals surface area (Å²) in [4.78, 5) is 15.8. The Morgan fingerprint density at radius 1 is 1.39 bits per heavy atom. The second kappa shape index (κ2) is 5.89. The molecule has 0 bridgehead atoms. The third-order valence-corrected chi connectivity index (χ3v) is 4.76. The predicted octanol–water partition coefficient (Wildman–Crippen LogP) is 1.40. The van der Waals surface area contributed by atoms with Gasteiger partial charge in [-0.3, -0.25) is 4.79 Å². The van der Waals surface area contributed by atoms with Gasteiger partial charge in [0.2, 0.25) is 10.0 Å². The van der Waals surface area contributed by atoms with Crippen LogP contribution >= 0.6 is 0 Å². The maximum atomic E-state index is 12.6. The van der Waals surface area contributed by atoms with Gasteiger partial charge in [0.25, 0.3) is 5.71 Å².